The molecule has 4 heteroatoms. The summed E-state index contributed by atoms with van der Waals surface area (Å²) >= 11 is 0. The Morgan fingerprint density at radius 2 is 2.38 bits per heavy atom. The number of aromatic nitrogens is 2. The summed E-state index contributed by atoms with van der Waals surface area (Å²) in [6.45, 7) is 1.89. The summed E-state index contributed by atoms with van der Waals surface area (Å²) in [6, 6.07) is 5.83. The van der Waals surface area contributed by atoms with E-state index in [0.29, 0.717) is 0 Å². The molecule has 0 bridgehead atoms. The SMILES string of the molecule is CC(ON)c1cnc2ccccn12. The van der Waals surface area contributed by atoms with Gasteiger partial charge in [-0.25, -0.2) is 10.9 Å². The quantitative estimate of drug-likeness (QED) is 0.703. The number of pyridine rings is 1. The molecule has 0 aliphatic rings. The number of nitrogens with two attached hydrogens (primary N) is 1. The van der Waals surface area contributed by atoms with Crippen molar-refractivity contribution in [3.05, 3.63) is 36.3 Å². The Bertz CT molecular complexity index is 410. The highest BCUT2D eigenvalue weighted by molar-refractivity contribution is 5.40. The van der Waals surface area contributed by atoms with Crippen molar-refractivity contribution in [1.29, 1.82) is 0 Å². The topological polar surface area (TPSA) is 52.5 Å². The zero-order chi connectivity index (χ0) is 9.26. The fraction of sp³-hybridized carbons (Fsp3) is 0.222. The number of fused-ring (bicyclic) bond motifs is 1. The van der Waals surface area contributed by atoms with Crippen molar-refractivity contribution in [3.63, 3.8) is 0 Å². The molecule has 1 atom stereocenters. The molecule has 0 fully saturated rings. The molecule has 2 N–H and O–H groups in total. The maximum atomic E-state index is 5.11. The Kier molecular flexibility index (Phi) is 2.00. The van der Waals surface area contributed by atoms with Crippen LogP contribution >= 0.6 is 0 Å². The van der Waals surface area contributed by atoms with E-state index >= 15 is 0 Å². The molecular weight excluding hydrogens is 166 g/mol. The average Bonchev–Trinajstić information content (AvgIpc) is 2.60. The lowest BCUT2D eigenvalue weighted by Crippen LogP contribution is -2.07. The van der Waals surface area contributed by atoms with Crippen molar-refractivity contribution in [1.82, 2.24) is 9.38 Å². The van der Waals surface area contributed by atoms with E-state index in [9.17, 15) is 0 Å². The third-order valence-corrected chi connectivity index (χ3v) is 2.07. The van der Waals surface area contributed by atoms with Crippen LogP contribution in [0.5, 0.6) is 0 Å². The number of rotatable bonds is 2. The lowest BCUT2D eigenvalue weighted by atomic mass is 10.3. The average molecular weight is 177 g/mol. The fourth-order valence-corrected chi connectivity index (χ4v) is 1.32. The highest BCUT2D eigenvalue weighted by atomic mass is 16.6. The molecule has 1 unspecified atom stereocenters. The molecule has 4 nitrogen and oxygen atoms in total. The molecule has 13 heavy (non-hydrogen) atoms. The molecular formula is C9H11N3O. The lowest BCUT2D eigenvalue weighted by molar-refractivity contribution is 0.0629. The highest BCUT2D eigenvalue weighted by Gasteiger charge is 2.09. The monoisotopic (exact) mass is 177 g/mol. The first-order valence-electron chi connectivity index (χ1n) is 4.10. The predicted molar refractivity (Wildman–Crippen MR) is 48.9 cm³/mol. The summed E-state index contributed by atoms with van der Waals surface area (Å²) in [4.78, 5) is 8.96. The molecule has 0 aliphatic carbocycles. The smallest absolute Gasteiger partial charge is 0.136 e. The van der Waals surface area contributed by atoms with Crippen molar-refractivity contribution in [2.75, 3.05) is 0 Å². The number of imidazole rings is 1. The molecule has 0 aromatic carbocycles. The minimum atomic E-state index is -0.141. The van der Waals surface area contributed by atoms with Crippen LogP contribution in [0, 0.1) is 0 Å². The fourth-order valence-electron chi connectivity index (χ4n) is 1.32. The highest BCUT2D eigenvalue weighted by Crippen LogP contribution is 2.15. The zero-order valence-corrected chi connectivity index (χ0v) is 7.34. The van der Waals surface area contributed by atoms with Gasteiger partial charge in [-0.2, -0.15) is 0 Å². The van der Waals surface area contributed by atoms with Gasteiger partial charge in [0.1, 0.15) is 11.8 Å². The van der Waals surface area contributed by atoms with E-state index in [4.69, 9.17) is 10.7 Å². The van der Waals surface area contributed by atoms with Gasteiger partial charge >= 0.3 is 0 Å². The summed E-state index contributed by atoms with van der Waals surface area (Å²) < 4.78 is 1.96. The van der Waals surface area contributed by atoms with Crippen LogP contribution in [-0.4, -0.2) is 9.38 Å². The first-order chi connectivity index (χ1) is 6.33. The first kappa shape index (κ1) is 8.22. The van der Waals surface area contributed by atoms with Crippen LogP contribution in [0.4, 0.5) is 0 Å². The molecule has 2 heterocycles. The van der Waals surface area contributed by atoms with Crippen molar-refractivity contribution in [2.45, 2.75) is 13.0 Å². The Labute approximate surface area is 75.9 Å². The summed E-state index contributed by atoms with van der Waals surface area (Å²) in [6.07, 6.45) is 3.57. The maximum absolute atomic E-state index is 5.11. The van der Waals surface area contributed by atoms with Crippen LogP contribution < -0.4 is 5.90 Å². The van der Waals surface area contributed by atoms with Crippen LogP contribution in [0.1, 0.15) is 18.7 Å². The largest absolute Gasteiger partial charge is 0.301 e. The normalized spacial score (nSPS) is 13.4. The van der Waals surface area contributed by atoms with Gasteiger partial charge < -0.3 is 4.40 Å². The van der Waals surface area contributed by atoms with Gasteiger partial charge in [0.05, 0.1) is 11.9 Å². The first-order valence-corrected chi connectivity index (χ1v) is 4.10. The van der Waals surface area contributed by atoms with E-state index in [1.54, 1.807) is 6.20 Å². The minimum Gasteiger partial charge on any atom is -0.301 e. The summed E-state index contributed by atoms with van der Waals surface area (Å²) in [7, 11) is 0. The molecule has 0 spiro atoms. The molecule has 2 rings (SSSR count). The summed E-state index contributed by atoms with van der Waals surface area (Å²) in [5.74, 6) is 5.11. The van der Waals surface area contributed by atoms with E-state index in [1.165, 1.54) is 0 Å². The van der Waals surface area contributed by atoms with Crippen molar-refractivity contribution in [2.24, 2.45) is 5.90 Å². The van der Waals surface area contributed by atoms with E-state index in [2.05, 4.69) is 4.98 Å². The van der Waals surface area contributed by atoms with E-state index in [0.717, 1.165) is 11.3 Å². The molecule has 0 radical (unpaired) electrons. The Balaban J connectivity index is 2.57. The van der Waals surface area contributed by atoms with Gasteiger partial charge in [-0.3, -0.25) is 4.84 Å². The van der Waals surface area contributed by atoms with Gasteiger partial charge in [0.25, 0.3) is 0 Å². The second kappa shape index (κ2) is 3.16. The standard InChI is InChI=1S/C9H11N3O/c1-7(13-10)8-6-11-9-4-2-3-5-12(8)9/h2-7H,10H2,1H3. The summed E-state index contributed by atoms with van der Waals surface area (Å²) in [5.41, 5.74) is 1.86. The van der Waals surface area contributed by atoms with Crippen LogP contribution in [0.3, 0.4) is 0 Å². The van der Waals surface area contributed by atoms with Gasteiger partial charge in [-0.15, -0.1) is 0 Å². The maximum Gasteiger partial charge on any atom is 0.136 e. The molecule has 2 aromatic heterocycles. The van der Waals surface area contributed by atoms with Crippen LogP contribution in [0.15, 0.2) is 30.6 Å². The Morgan fingerprint density at radius 1 is 1.54 bits per heavy atom. The van der Waals surface area contributed by atoms with Crippen molar-refractivity contribution >= 4 is 5.65 Å². The number of nitrogens with zero attached hydrogens (tertiary/aromatic N) is 2. The van der Waals surface area contributed by atoms with E-state index < -0.39 is 0 Å². The molecule has 0 aliphatic heterocycles. The van der Waals surface area contributed by atoms with Crippen LogP contribution in [-0.2, 0) is 4.84 Å². The minimum absolute atomic E-state index is 0.141. The van der Waals surface area contributed by atoms with Gasteiger partial charge in [0, 0.05) is 6.20 Å². The lowest BCUT2D eigenvalue weighted by Gasteiger charge is -2.07. The molecule has 2 aromatic rings. The third kappa shape index (κ3) is 1.30. The Morgan fingerprint density at radius 3 is 3.15 bits per heavy atom. The number of hydrogen-bond acceptors (Lipinski definition) is 3. The molecule has 0 saturated carbocycles. The van der Waals surface area contributed by atoms with E-state index in [-0.39, 0.29) is 6.10 Å². The number of hydrogen-bond donors (Lipinski definition) is 1. The molecule has 0 saturated heterocycles. The second-order valence-electron chi connectivity index (χ2n) is 2.89. The third-order valence-electron chi connectivity index (χ3n) is 2.07. The predicted octanol–water partition coefficient (Wildman–Crippen LogP) is 1.29. The van der Waals surface area contributed by atoms with Crippen molar-refractivity contribution < 1.29 is 4.84 Å². The Hall–Kier alpha value is -1.39. The summed E-state index contributed by atoms with van der Waals surface area (Å²) in [5, 5.41) is 0. The van der Waals surface area contributed by atoms with Gasteiger partial charge in [-0.05, 0) is 19.1 Å². The van der Waals surface area contributed by atoms with Gasteiger partial charge in [0.2, 0.25) is 0 Å². The van der Waals surface area contributed by atoms with Crippen LogP contribution in [0.25, 0.3) is 5.65 Å². The van der Waals surface area contributed by atoms with Crippen molar-refractivity contribution in [3.8, 4) is 0 Å². The van der Waals surface area contributed by atoms with Crippen LogP contribution in [0.2, 0.25) is 0 Å². The molecule has 0 amide bonds. The second-order valence-corrected chi connectivity index (χ2v) is 2.89. The van der Waals surface area contributed by atoms with Gasteiger partial charge in [0.15, 0.2) is 0 Å². The molecule has 68 valence electrons. The van der Waals surface area contributed by atoms with E-state index in [1.807, 2.05) is 35.7 Å². The van der Waals surface area contributed by atoms with Gasteiger partial charge in [-0.1, -0.05) is 6.07 Å². The zero-order valence-electron chi connectivity index (χ0n) is 7.34.